The summed E-state index contributed by atoms with van der Waals surface area (Å²) in [7, 11) is 0. The Balaban J connectivity index is 2.15. The van der Waals surface area contributed by atoms with Crippen LogP contribution in [0.5, 0.6) is 0 Å². The third kappa shape index (κ3) is 3.48. The molecule has 22 heavy (non-hydrogen) atoms. The van der Waals surface area contributed by atoms with Gasteiger partial charge in [0.2, 0.25) is 5.91 Å². The molecular weight excluding hydrogens is 317 g/mol. The molecule has 1 heterocycles. The standard InChI is InChI=1S/C15H18ClF3N2O/c1-10-9-21(14(22)7-16)11(2)8-20(10)13-5-3-12(4-6-13)15(17,18)19/h3-6,10-11H,7-9H2,1-2H3/t10-,11?/m0/s1. The molecule has 2 rings (SSSR count). The lowest BCUT2D eigenvalue weighted by atomic mass is 10.1. The minimum atomic E-state index is -4.33. The van der Waals surface area contributed by atoms with Gasteiger partial charge in [0.1, 0.15) is 5.88 Å². The number of amides is 1. The van der Waals surface area contributed by atoms with Crippen molar-refractivity contribution in [1.29, 1.82) is 0 Å². The van der Waals surface area contributed by atoms with Crippen LogP contribution in [0.25, 0.3) is 0 Å². The number of halogens is 4. The van der Waals surface area contributed by atoms with E-state index in [1.54, 1.807) is 4.90 Å². The van der Waals surface area contributed by atoms with Crippen LogP contribution in [0.1, 0.15) is 19.4 Å². The number of alkyl halides is 4. The third-order valence-corrected chi connectivity index (χ3v) is 4.18. The number of hydrogen-bond donors (Lipinski definition) is 0. The van der Waals surface area contributed by atoms with Crippen LogP contribution in [-0.2, 0) is 11.0 Å². The van der Waals surface area contributed by atoms with E-state index in [9.17, 15) is 18.0 Å². The highest BCUT2D eigenvalue weighted by molar-refractivity contribution is 6.27. The van der Waals surface area contributed by atoms with Crippen molar-refractivity contribution >= 4 is 23.2 Å². The van der Waals surface area contributed by atoms with Crippen LogP contribution in [0.2, 0.25) is 0 Å². The first-order chi connectivity index (χ1) is 10.2. The molecule has 1 unspecified atom stereocenters. The van der Waals surface area contributed by atoms with E-state index in [1.807, 2.05) is 18.7 Å². The number of hydrogen-bond acceptors (Lipinski definition) is 2. The average molecular weight is 335 g/mol. The lowest BCUT2D eigenvalue weighted by Gasteiger charge is -2.45. The second-order valence-corrected chi connectivity index (χ2v) is 5.84. The monoisotopic (exact) mass is 334 g/mol. The lowest BCUT2D eigenvalue weighted by Crippen LogP contribution is -2.58. The fourth-order valence-corrected chi connectivity index (χ4v) is 2.91. The van der Waals surface area contributed by atoms with Gasteiger partial charge in [0.05, 0.1) is 5.56 Å². The Labute approximate surface area is 132 Å². The normalized spacial score (nSPS) is 22.8. The van der Waals surface area contributed by atoms with Crippen molar-refractivity contribution in [2.24, 2.45) is 0 Å². The number of nitrogens with zero attached hydrogens (tertiary/aromatic N) is 2. The summed E-state index contributed by atoms with van der Waals surface area (Å²) in [6.45, 7) is 4.92. The van der Waals surface area contributed by atoms with Gasteiger partial charge in [-0.2, -0.15) is 13.2 Å². The Kier molecular flexibility index (Phi) is 4.90. The molecule has 1 aliphatic rings. The molecular formula is C15H18ClF3N2O. The number of carbonyl (C=O) groups is 1. The predicted molar refractivity (Wildman–Crippen MR) is 80.1 cm³/mol. The summed E-state index contributed by atoms with van der Waals surface area (Å²) >= 11 is 5.60. The first-order valence-corrected chi connectivity index (χ1v) is 7.57. The SMILES string of the molecule is CC1CN(c2ccc(C(F)(F)F)cc2)[C@@H](C)CN1C(=O)CCl. The molecule has 0 radical (unpaired) electrons. The first kappa shape index (κ1) is 16.9. The maximum absolute atomic E-state index is 12.6. The van der Waals surface area contributed by atoms with Gasteiger partial charge in [-0.25, -0.2) is 0 Å². The molecule has 1 aromatic carbocycles. The molecule has 0 aromatic heterocycles. The van der Waals surface area contributed by atoms with E-state index in [0.29, 0.717) is 13.1 Å². The van der Waals surface area contributed by atoms with Gasteiger partial charge in [0, 0.05) is 30.9 Å². The van der Waals surface area contributed by atoms with Crippen LogP contribution in [0.4, 0.5) is 18.9 Å². The van der Waals surface area contributed by atoms with Gasteiger partial charge in [0.25, 0.3) is 0 Å². The summed E-state index contributed by atoms with van der Waals surface area (Å²) in [5.41, 5.74) is 0.0678. The zero-order valence-electron chi connectivity index (χ0n) is 12.4. The van der Waals surface area contributed by atoms with Gasteiger partial charge in [-0.15, -0.1) is 11.6 Å². The van der Waals surface area contributed by atoms with E-state index in [2.05, 4.69) is 0 Å². The van der Waals surface area contributed by atoms with Crippen molar-refractivity contribution in [1.82, 2.24) is 4.90 Å². The summed E-state index contributed by atoms with van der Waals surface area (Å²) in [6.07, 6.45) is -4.33. The average Bonchev–Trinajstić information content (AvgIpc) is 2.47. The van der Waals surface area contributed by atoms with E-state index in [-0.39, 0.29) is 23.9 Å². The van der Waals surface area contributed by atoms with Crippen LogP contribution >= 0.6 is 11.6 Å². The maximum Gasteiger partial charge on any atom is 0.416 e. The molecule has 3 nitrogen and oxygen atoms in total. The molecule has 1 aliphatic heterocycles. The molecule has 1 saturated heterocycles. The van der Waals surface area contributed by atoms with Gasteiger partial charge < -0.3 is 9.80 Å². The molecule has 122 valence electrons. The van der Waals surface area contributed by atoms with Crippen LogP contribution in [-0.4, -0.2) is 41.9 Å². The highest BCUT2D eigenvalue weighted by atomic mass is 35.5. The Morgan fingerprint density at radius 3 is 2.27 bits per heavy atom. The van der Waals surface area contributed by atoms with Crippen molar-refractivity contribution < 1.29 is 18.0 Å². The maximum atomic E-state index is 12.6. The fraction of sp³-hybridized carbons (Fsp3) is 0.533. The highest BCUT2D eigenvalue weighted by Gasteiger charge is 2.33. The molecule has 1 aromatic rings. The van der Waals surface area contributed by atoms with Crippen LogP contribution in [0.15, 0.2) is 24.3 Å². The largest absolute Gasteiger partial charge is 0.416 e. The number of anilines is 1. The van der Waals surface area contributed by atoms with Crippen molar-refractivity contribution in [3.05, 3.63) is 29.8 Å². The fourth-order valence-electron chi connectivity index (χ4n) is 2.75. The topological polar surface area (TPSA) is 23.6 Å². The lowest BCUT2D eigenvalue weighted by molar-refractivity contribution is -0.137. The third-order valence-electron chi connectivity index (χ3n) is 3.95. The van der Waals surface area contributed by atoms with Crippen molar-refractivity contribution in [3.8, 4) is 0 Å². The minimum absolute atomic E-state index is 0.0140. The molecule has 0 spiro atoms. The Morgan fingerprint density at radius 1 is 1.18 bits per heavy atom. The zero-order valence-corrected chi connectivity index (χ0v) is 13.2. The molecule has 0 N–H and O–H groups in total. The molecule has 2 atom stereocenters. The molecule has 0 saturated carbocycles. The van der Waals surface area contributed by atoms with E-state index < -0.39 is 11.7 Å². The predicted octanol–water partition coefficient (Wildman–Crippen LogP) is 3.37. The van der Waals surface area contributed by atoms with Gasteiger partial charge >= 0.3 is 6.18 Å². The summed E-state index contributed by atoms with van der Waals surface area (Å²) in [5.74, 6) is -0.176. The highest BCUT2D eigenvalue weighted by Crippen LogP contribution is 2.31. The smallest absolute Gasteiger partial charge is 0.365 e. The van der Waals surface area contributed by atoms with E-state index in [4.69, 9.17) is 11.6 Å². The zero-order chi connectivity index (χ0) is 16.5. The van der Waals surface area contributed by atoms with Crippen LogP contribution in [0.3, 0.4) is 0 Å². The summed E-state index contributed by atoms with van der Waals surface area (Å²) in [5, 5.41) is 0. The number of rotatable bonds is 2. The second kappa shape index (κ2) is 6.36. The summed E-state index contributed by atoms with van der Waals surface area (Å²) in [4.78, 5) is 15.5. The summed E-state index contributed by atoms with van der Waals surface area (Å²) < 4.78 is 37.8. The van der Waals surface area contributed by atoms with E-state index in [1.165, 1.54) is 12.1 Å². The van der Waals surface area contributed by atoms with Crippen molar-refractivity contribution in [2.45, 2.75) is 32.1 Å². The quantitative estimate of drug-likeness (QED) is 0.774. The van der Waals surface area contributed by atoms with Crippen molar-refractivity contribution in [2.75, 3.05) is 23.9 Å². The van der Waals surface area contributed by atoms with Gasteiger partial charge in [-0.05, 0) is 38.1 Å². The minimum Gasteiger partial charge on any atom is -0.365 e. The first-order valence-electron chi connectivity index (χ1n) is 7.03. The molecule has 0 bridgehead atoms. The van der Waals surface area contributed by atoms with Gasteiger partial charge in [0.15, 0.2) is 0 Å². The van der Waals surface area contributed by atoms with Crippen LogP contribution < -0.4 is 4.90 Å². The van der Waals surface area contributed by atoms with Crippen molar-refractivity contribution in [3.63, 3.8) is 0 Å². The number of piperazine rings is 1. The van der Waals surface area contributed by atoms with Crippen LogP contribution in [0, 0.1) is 0 Å². The molecule has 1 fully saturated rings. The summed E-state index contributed by atoms with van der Waals surface area (Å²) in [6, 6.07) is 5.10. The number of carbonyl (C=O) groups excluding carboxylic acids is 1. The van der Waals surface area contributed by atoms with Gasteiger partial charge in [-0.3, -0.25) is 4.79 Å². The van der Waals surface area contributed by atoms with E-state index >= 15 is 0 Å². The van der Waals surface area contributed by atoms with E-state index in [0.717, 1.165) is 17.8 Å². The molecule has 0 aliphatic carbocycles. The molecule has 1 amide bonds. The Morgan fingerprint density at radius 2 is 1.77 bits per heavy atom. The second-order valence-electron chi connectivity index (χ2n) is 5.57. The molecule has 7 heteroatoms. The van der Waals surface area contributed by atoms with Gasteiger partial charge in [-0.1, -0.05) is 0 Å². The Bertz CT molecular complexity index is 533. The number of benzene rings is 1. The Hall–Kier alpha value is -1.43.